The molecule has 1 aromatic carbocycles. The van der Waals surface area contributed by atoms with E-state index >= 15 is 0 Å². The minimum atomic E-state index is -4.02. The van der Waals surface area contributed by atoms with Crippen LogP contribution in [0.15, 0.2) is 18.2 Å². The van der Waals surface area contributed by atoms with Crippen LogP contribution in [-0.2, 0) is 16.0 Å². The van der Waals surface area contributed by atoms with Gasteiger partial charge in [-0.2, -0.15) is 8.78 Å². The fourth-order valence-corrected chi connectivity index (χ4v) is 1.20. The number of carbonyl (C=O) groups is 1. The van der Waals surface area contributed by atoms with Gasteiger partial charge >= 0.3 is 12.1 Å². The highest BCUT2D eigenvalue weighted by molar-refractivity contribution is 5.73. The number of halogens is 3. The first-order valence-corrected chi connectivity index (χ1v) is 4.89. The number of alkyl halides is 3. The van der Waals surface area contributed by atoms with Crippen molar-refractivity contribution in [1.82, 2.24) is 0 Å². The van der Waals surface area contributed by atoms with Crippen LogP contribution in [0.2, 0.25) is 0 Å². The fraction of sp³-hybridized carbons (Fsp3) is 0.364. The normalized spacial score (nSPS) is 11.1. The summed E-state index contributed by atoms with van der Waals surface area (Å²) in [6, 6.07) is 3.29. The van der Waals surface area contributed by atoms with Gasteiger partial charge in [0, 0.05) is 11.6 Å². The van der Waals surface area contributed by atoms with Crippen LogP contribution in [0.25, 0.3) is 0 Å². The van der Waals surface area contributed by atoms with Crippen molar-refractivity contribution in [1.29, 1.82) is 0 Å². The lowest BCUT2D eigenvalue weighted by atomic mass is 10.1. The van der Waals surface area contributed by atoms with E-state index in [1.165, 1.54) is 12.1 Å². The minimum absolute atomic E-state index is 0.0628. The van der Waals surface area contributed by atoms with Crippen molar-refractivity contribution in [3.8, 4) is 11.5 Å². The summed E-state index contributed by atoms with van der Waals surface area (Å²) in [4.78, 5) is 11.1. The molecule has 18 heavy (non-hydrogen) atoms. The van der Waals surface area contributed by atoms with Gasteiger partial charge in [-0.3, -0.25) is 4.79 Å². The molecular formula is C11H11F3O4. The Morgan fingerprint density at radius 1 is 1.44 bits per heavy atom. The van der Waals surface area contributed by atoms with E-state index in [0.717, 1.165) is 13.2 Å². The third-order valence-corrected chi connectivity index (χ3v) is 2.03. The summed E-state index contributed by atoms with van der Waals surface area (Å²) in [6.45, 7) is -2.01. The Labute approximate surface area is 101 Å². The van der Waals surface area contributed by atoms with E-state index in [-0.39, 0.29) is 17.7 Å². The van der Waals surface area contributed by atoms with Gasteiger partial charge < -0.3 is 14.6 Å². The van der Waals surface area contributed by atoms with E-state index in [2.05, 4.69) is 9.47 Å². The Balaban J connectivity index is 3.00. The minimum Gasteiger partial charge on any atom is -0.508 e. The van der Waals surface area contributed by atoms with Crippen LogP contribution in [0.3, 0.4) is 0 Å². The quantitative estimate of drug-likeness (QED) is 0.827. The molecule has 0 spiro atoms. The highest BCUT2D eigenvalue weighted by Crippen LogP contribution is 2.29. The van der Waals surface area contributed by atoms with Gasteiger partial charge in [-0.15, -0.1) is 0 Å². The van der Waals surface area contributed by atoms with Gasteiger partial charge in [-0.25, -0.2) is 4.39 Å². The van der Waals surface area contributed by atoms with Gasteiger partial charge in [0.1, 0.15) is 11.5 Å². The summed E-state index contributed by atoms with van der Waals surface area (Å²) < 4.78 is 46.0. The van der Waals surface area contributed by atoms with E-state index in [4.69, 9.17) is 5.11 Å². The predicted octanol–water partition coefficient (Wildman–Crippen LogP) is 2.05. The first-order chi connectivity index (χ1) is 8.38. The zero-order chi connectivity index (χ0) is 13.8. The molecule has 0 aliphatic heterocycles. The van der Waals surface area contributed by atoms with Gasteiger partial charge in [-0.1, -0.05) is 6.07 Å². The number of hydrogen-bond donors (Lipinski definition) is 1. The average Bonchev–Trinajstić information content (AvgIpc) is 2.32. The molecule has 0 heterocycles. The fourth-order valence-electron chi connectivity index (χ4n) is 1.20. The Morgan fingerprint density at radius 3 is 2.67 bits per heavy atom. The summed E-state index contributed by atoms with van der Waals surface area (Å²) >= 11 is 0. The SMILES string of the molecule is COC(=O)Cc1ccc(O)cc1OC(F)(F)CF. The van der Waals surface area contributed by atoms with E-state index in [1.54, 1.807) is 0 Å². The molecule has 0 atom stereocenters. The van der Waals surface area contributed by atoms with Crippen LogP contribution in [0.5, 0.6) is 11.5 Å². The summed E-state index contributed by atoms with van der Waals surface area (Å²) in [5.74, 6) is -1.48. The Bertz CT molecular complexity index is 434. The summed E-state index contributed by atoms with van der Waals surface area (Å²) in [5, 5.41) is 9.16. The highest BCUT2D eigenvalue weighted by atomic mass is 19.3. The van der Waals surface area contributed by atoms with Crippen LogP contribution in [0, 0.1) is 0 Å². The number of phenols is 1. The number of esters is 1. The van der Waals surface area contributed by atoms with Crippen molar-refractivity contribution in [3.05, 3.63) is 23.8 Å². The van der Waals surface area contributed by atoms with Crippen LogP contribution < -0.4 is 4.74 Å². The summed E-state index contributed by atoms with van der Waals surface area (Å²) in [5.41, 5.74) is 0.0628. The maximum Gasteiger partial charge on any atom is 0.427 e. The van der Waals surface area contributed by atoms with E-state index in [1.807, 2.05) is 0 Å². The first kappa shape index (κ1) is 14.1. The number of carbonyl (C=O) groups excluding carboxylic acids is 1. The van der Waals surface area contributed by atoms with Crippen molar-refractivity contribution in [2.24, 2.45) is 0 Å². The molecule has 1 N–H and O–H groups in total. The van der Waals surface area contributed by atoms with Crippen molar-refractivity contribution in [3.63, 3.8) is 0 Å². The highest BCUT2D eigenvalue weighted by Gasteiger charge is 2.32. The number of aromatic hydroxyl groups is 1. The third kappa shape index (κ3) is 3.83. The van der Waals surface area contributed by atoms with Crippen LogP contribution in [0.1, 0.15) is 5.56 Å². The molecule has 100 valence electrons. The lowest BCUT2D eigenvalue weighted by molar-refractivity contribution is -0.187. The van der Waals surface area contributed by atoms with E-state index in [0.29, 0.717) is 0 Å². The molecule has 0 fully saturated rings. The molecule has 0 saturated carbocycles. The third-order valence-electron chi connectivity index (χ3n) is 2.03. The summed E-state index contributed by atoms with van der Waals surface area (Å²) in [7, 11) is 1.14. The molecule has 7 heteroatoms. The molecule has 0 aliphatic carbocycles. The maximum absolute atomic E-state index is 12.8. The molecule has 0 amide bonds. The predicted molar refractivity (Wildman–Crippen MR) is 55.4 cm³/mol. The summed E-state index contributed by atoms with van der Waals surface area (Å²) in [6.07, 6.45) is -4.34. The van der Waals surface area contributed by atoms with E-state index < -0.39 is 24.5 Å². The Hall–Kier alpha value is -1.92. The first-order valence-electron chi connectivity index (χ1n) is 4.89. The second-order valence-electron chi connectivity index (χ2n) is 3.42. The lowest BCUT2D eigenvalue weighted by Gasteiger charge is -2.17. The topological polar surface area (TPSA) is 55.8 Å². The zero-order valence-corrected chi connectivity index (χ0v) is 9.45. The number of rotatable bonds is 5. The average molecular weight is 264 g/mol. The van der Waals surface area contributed by atoms with Crippen LogP contribution >= 0.6 is 0 Å². The second kappa shape index (κ2) is 5.61. The maximum atomic E-state index is 12.8. The number of phenolic OH excluding ortho intramolecular Hbond substituents is 1. The monoisotopic (exact) mass is 264 g/mol. The molecule has 0 saturated heterocycles. The Morgan fingerprint density at radius 2 is 2.11 bits per heavy atom. The van der Waals surface area contributed by atoms with Gasteiger partial charge in [0.2, 0.25) is 0 Å². The smallest absolute Gasteiger partial charge is 0.427 e. The van der Waals surface area contributed by atoms with Gasteiger partial charge in [0.25, 0.3) is 0 Å². The molecule has 1 rings (SSSR count). The number of methoxy groups -OCH3 is 1. The Kier molecular flexibility index (Phi) is 4.41. The van der Waals surface area contributed by atoms with Crippen molar-refractivity contribution < 1.29 is 32.5 Å². The molecule has 1 aromatic rings. The molecular weight excluding hydrogens is 253 g/mol. The number of benzene rings is 1. The van der Waals surface area contributed by atoms with Crippen LogP contribution in [-0.4, -0.2) is 31.0 Å². The lowest BCUT2D eigenvalue weighted by Crippen LogP contribution is -2.27. The number of ether oxygens (including phenoxy) is 2. The van der Waals surface area contributed by atoms with E-state index in [9.17, 15) is 18.0 Å². The van der Waals surface area contributed by atoms with Crippen LogP contribution in [0.4, 0.5) is 13.2 Å². The second-order valence-corrected chi connectivity index (χ2v) is 3.42. The molecule has 0 unspecified atom stereocenters. The van der Waals surface area contributed by atoms with Gasteiger partial charge in [-0.05, 0) is 6.07 Å². The molecule has 0 aliphatic rings. The standard InChI is InChI=1S/C11H11F3O4/c1-17-10(16)4-7-2-3-8(15)5-9(7)18-11(13,14)6-12/h2-3,5,15H,4,6H2,1H3. The van der Waals surface area contributed by atoms with Crippen molar-refractivity contribution in [2.45, 2.75) is 12.5 Å². The number of hydrogen-bond acceptors (Lipinski definition) is 4. The molecule has 0 bridgehead atoms. The van der Waals surface area contributed by atoms with Gasteiger partial charge in [0.15, 0.2) is 6.67 Å². The van der Waals surface area contributed by atoms with Crippen molar-refractivity contribution >= 4 is 5.97 Å². The molecule has 0 radical (unpaired) electrons. The zero-order valence-electron chi connectivity index (χ0n) is 9.45. The molecule has 0 aromatic heterocycles. The molecule has 4 nitrogen and oxygen atoms in total. The van der Waals surface area contributed by atoms with Gasteiger partial charge in [0.05, 0.1) is 13.5 Å². The largest absolute Gasteiger partial charge is 0.508 e. The van der Waals surface area contributed by atoms with Crippen molar-refractivity contribution in [2.75, 3.05) is 13.8 Å².